The largest absolute Gasteiger partial charge is 0.497 e. The highest BCUT2D eigenvalue weighted by Gasteiger charge is 2.54. The van der Waals surface area contributed by atoms with E-state index in [9.17, 15) is 29.1 Å². The number of carboxylic acids is 1. The van der Waals surface area contributed by atoms with Crippen LogP contribution in [0.4, 0.5) is 5.13 Å². The van der Waals surface area contributed by atoms with Gasteiger partial charge < -0.3 is 25.7 Å². The molecule has 0 radical (unpaired) electrons. The van der Waals surface area contributed by atoms with Gasteiger partial charge in [-0.15, -0.1) is 23.1 Å². The first-order valence-electron chi connectivity index (χ1n) is 14.5. The maximum atomic E-state index is 13.4. The number of β-lactam (4-membered cyclic amide) rings is 1. The number of thiazole rings is 1. The Kier molecular flexibility index (Phi) is 8.82. The summed E-state index contributed by atoms with van der Waals surface area (Å²) in [5, 5.41) is 18.0. The molecule has 1 saturated carbocycles. The minimum Gasteiger partial charge on any atom is -0.497 e. The number of fused-ring (bicyclic) bond motifs is 1. The molecule has 4 heterocycles. The van der Waals surface area contributed by atoms with Crippen molar-refractivity contribution in [2.24, 2.45) is 5.16 Å². The third kappa shape index (κ3) is 5.97. The minimum atomic E-state index is -1.35. The molecule has 0 unspecified atom stereocenters. The van der Waals surface area contributed by atoms with Crippen LogP contribution in [0.5, 0.6) is 5.75 Å². The fraction of sp³-hybridized carbons (Fsp3) is 0.367. The van der Waals surface area contributed by atoms with Gasteiger partial charge in [0, 0.05) is 28.8 Å². The molecule has 46 heavy (non-hydrogen) atoms. The number of hydrogen-bond acceptors (Lipinski definition) is 12. The van der Waals surface area contributed by atoms with Crippen molar-refractivity contribution in [3.05, 3.63) is 63.8 Å². The van der Waals surface area contributed by atoms with E-state index in [4.69, 9.17) is 15.3 Å². The number of allylic oxidation sites excluding steroid dienone is 1. The molecule has 1 aromatic carbocycles. The van der Waals surface area contributed by atoms with Gasteiger partial charge in [0.15, 0.2) is 10.8 Å². The lowest BCUT2D eigenvalue weighted by Crippen LogP contribution is -2.71. The van der Waals surface area contributed by atoms with Gasteiger partial charge in [-0.1, -0.05) is 5.16 Å². The number of likely N-dealkylation sites (tertiary alicyclic amines) is 1. The summed E-state index contributed by atoms with van der Waals surface area (Å²) in [6.45, 7) is 0.136. The molecule has 0 bridgehead atoms. The summed E-state index contributed by atoms with van der Waals surface area (Å²) in [4.78, 5) is 77.2. The van der Waals surface area contributed by atoms with Crippen molar-refractivity contribution in [3.63, 3.8) is 0 Å². The van der Waals surface area contributed by atoms with E-state index < -0.39 is 41.0 Å². The molecule has 4 N–H and O–H groups in total. The summed E-state index contributed by atoms with van der Waals surface area (Å²) >= 11 is 2.38. The van der Waals surface area contributed by atoms with Gasteiger partial charge in [0.2, 0.25) is 0 Å². The van der Waals surface area contributed by atoms with Crippen LogP contribution in [0.25, 0.3) is 0 Å². The number of aromatic nitrogens is 1. The number of anilines is 1. The molecule has 1 aliphatic carbocycles. The fourth-order valence-electron chi connectivity index (χ4n) is 5.73. The number of benzene rings is 1. The predicted molar refractivity (Wildman–Crippen MR) is 168 cm³/mol. The zero-order valence-corrected chi connectivity index (χ0v) is 26.3. The average molecular weight is 667 g/mol. The summed E-state index contributed by atoms with van der Waals surface area (Å²) in [7, 11) is 1.51. The lowest BCUT2D eigenvalue weighted by molar-refractivity contribution is -0.150. The Hall–Kier alpha value is -4.70. The fourth-order valence-corrected chi connectivity index (χ4v) is 7.58. The zero-order chi connectivity index (χ0) is 32.5. The van der Waals surface area contributed by atoms with Gasteiger partial charge in [0.1, 0.15) is 34.7 Å². The number of rotatable bonds is 9. The van der Waals surface area contributed by atoms with E-state index in [0.29, 0.717) is 11.3 Å². The number of nitrogens with one attached hydrogen (secondary N) is 1. The Morgan fingerprint density at radius 1 is 1.17 bits per heavy atom. The first-order chi connectivity index (χ1) is 22.2. The van der Waals surface area contributed by atoms with E-state index >= 15 is 0 Å². The summed E-state index contributed by atoms with van der Waals surface area (Å²) < 4.78 is 5.12. The van der Waals surface area contributed by atoms with E-state index in [-0.39, 0.29) is 58.2 Å². The minimum absolute atomic E-state index is 0.122. The maximum absolute atomic E-state index is 13.4. The number of hydrogen-bond donors (Lipinski definition) is 3. The number of oxime groups is 1. The quantitative estimate of drug-likeness (QED) is 0.117. The lowest BCUT2D eigenvalue weighted by Gasteiger charge is -2.49. The lowest BCUT2D eigenvalue weighted by atomic mass is 10.0. The molecular formula is C30H30N6O8S2. The molecular weight excluding hydrogens is 636 g/mol. The third-order valence-corrected chi connectivity index (χ3v) is 10.1. The van der Waals surface area contributed by atoms with Crippen LogP contribution < -0.4 is 15.8 Å². The molecule has 1 aromatic heterocycles. The number of carboxylic acid groups (broad SMARTS) is 1. The first-order valence-corrected chi connectivity index (χ1v) is 16.5. The normalized spacial score (nSPS) is 22.6. The van der Waals surface area contributed by atoms with E-state index in [1.54, 1.807) is 29.6 Å². The number of ether oxygens (including phenoxy) is 1. The number of nitrogens with two attached hydrogens (primary N) is 1. The van der Waals surface area contributed by atoms with Crippen molar-refractivity contribution in [3.8, 4) is 5.75 Å². The smallest absolute Gasteiger partial charge is 0.352 e. The van der Waals surface area contributed by atoms with E-state index in [2.05, 4.69) is 15.5 Å². The Balaban J connectivity index is 1.18. The number of imide groups is 1. The second-order valence-electron chi connectivity index (χ2n) is 11.0. The van der Waals surface area contributed by atoms with E-state index in [1.807, 2.05) is 0 Å². The Morgan fingerprint density at radius 3 is 2.57 bits per heavy atom. The summed E-state index contributed by atoms with van der Waals surface area (Å²) in [6, 6.07) is 5.34. The van der Waals surface area contributed by atoms with Crippen LogP contribution in [-0.2, 0) is 24.0 Å². The van der Waals surface area contributed by atoms with Crippen LogP contribution in [0.1, 0.15) is 48.2 Å². The summed E-state index contributed by atoms with van der Waals surface area (Å²) in [6.07, 6.45) is 5.20. The van der Waals surface area contributed by atoms with Gasteiger partial charge in [-0.3, -0.25) is 29.0 Å². The van der Waals surface area contributed by atoms with Crippen LogP contribution in [0, 0.1) is 0 Å². The molecule has 3 fully saturated rings. The van der Waals surface area contributed by atoms with Gasteiger partial charge in [-0.2, -0.15) is 0 Å². The number of carbonyl (C=O) groups is 5. The van der Waals surface area contributed by atoms with Gasteiger partial charge in [-0.05, 0) is 68.0 Å². The molecule has 2 aromatic rings. The number of methoxy groups -OCH3 is 1. The zero-order valence-electron chi connectivity index (χ0n) is 24.6. The van der Waals surface area contributed by atoms with Crippen molar-refractivity contribution < 1.29 is 38.7 Å². The SMILES string of the molecule is COc1ccc(C(=O)N2CCC(=CC3=C(C(=O)O)N4C(=O)[C@@H](NC(=O)C(=NOC5CCCC5)c5csc(N)n5)[C@H]4SC3)C2=O)cc1. The number of nitrogen functional groups attached to an aromatic ring is 1. The van der Waals surface area contributed by atoms with Crippen molar-refractivity contribution in [1.29, 1.82) is 0 Å². The van der Waals surface area contributed by atoms with Crippen molar-refractivity contribution in [2.45, 2.75) is 49.6 Å². The number of carbonyl (C=O) groups excluding carboxylic acids is 4. The topological polar surface area (TPSA) is 194 Å². The summed E-state index contributed by atoms with van der Waals surface area (Å²) in [5.74, 6) is -2.96. The van der Waals surface area contributed by atoms with Crippen molar-refractivity contribution >= 4 is 63.5 Å². The van der Waals surface area contributed by atoms with Gasteiger partial charge in [0.05, 0.1) is 7.11 Å². The third-order valence-electron chi connectivity index (χ3n) is 8.12. The van der Waals surface area contributed by atoms with Crippen LogP contribution in [0.2, 0.25) is 0 Å². The first kappa shape index (κ1) is 31.3. The van der Waals surface area contributed by atoms with Crippen LogP contribution in [0.3, 0.4) is 0 Å². The van der Waals surface area contributed by atoms with Crippen LogP contribution >= 0.6 is 23.1 Å². The molecule has 6 rings (SSSR count). The second-order valence-corrected chi connectivity index (χ2v) is 13.0. The Labute approximate surface area is 271 Å². The molecule has 4 amide bonds. The van der Waals surface area contributed by atoms with E-state index in [1.165, 1.54) is 24.9 Å². The summed E-state index contributed by atoms with van der Waals surface area (Å²) in [5.41, 5.74) is 6.42. The molecule has 2 saturated heterocycles. The average Bonchev–Trinajstić information content (AvgIpc) is 3.82. The molecule has 2 atom stereocenters. The molecule has 16 heteroatoms. The van der Waals surface area contributed by atoms with E-state index in [0.717, 1.165) is 46.8 Å². The van der Waals surface area contributed by atoms with Crippen molar-refractivity contribution in [2.75, 3.05) is 25.1 Å². The molecule has 3 aliphatic heterocycles. The Morgan fingerprint density at radius 2 is 1.91 bits per heavy atom. The maximum Gasteiger partial charge on any atom is 0.352 e. The monoisotopic (exact) mass is 666 g/mol. The molecule has 240 valence electrons. The van der Waals surface area contributed by atoms with Crippen molar-refractivity contribution in [1.82, 2.24) is 20.1 Å². The van der Waals surface area contributed by atoms with Crippen LogP contribution in [-0.4, -0.2) is 92.1 Å². The molecule has 0 spiro atoms. The van der Waals surface area contributed by atoms with Gasteiger partial charge in [-0.25, -0.2) is 9.78 Å². The van der Waals surface area contributed by atoms with Crippen LogP contribution in [0.15, 0.2) is 57.7 Å². The Bertz CT molecular complexity index is 1690. The highest BCUT2D eigenvalue weighted by atomic mass is 32.2. The number of amides is 4. The number of thioether (sulfide) groups is 1. The predicted octanol–water partition coefficient (Wildman–Crippen LogP) is 2.13. The number of nitrogens with zero attached hydrogens (tertiary/aromatic N) is 4. The molecule has 4 aliphatic rings. The highest BCUT2D eigenvalue weighted by Crippen LogP contribution is 2.41. The second kappa shape index (κ2) is 13.0. The number of aliphatic carboxylic acids is 1. The standard InChI is InChI=1S/C30H30N6O8S2/c1-43-18-8-6-15(7-9-18)25(38)35-11-10-16(26(35)39)12-17-13-45-28-22(27(40)36(28)23(17)29(41)42)33-24(37)21(20-14-46-30(31)32-20)34-44-19-4-2-3-5-19/h6-9,12,14,19,22,28H,2-5,10-11,13H2,1H3,(H2,31,32)(H,33,37)(H,41,42)/t22-,28-/m1/s1. The van der Waals surface area contributed by atoms with Gasteiger partial charge >= 0.3 is 5.97 Å². The highest BCUT2D eigenvalue weighted by molar-refractivity contribution is 8.00. The molecule has 14 nitrogen and oxygen atoms in total. The van der Waals surface area contributed by atoms with Gasteiger partial charge in [0.25, 0.3) is 23.6 Å².